The van der Waals surface area contributed by atoms with Gasteiger partial charge in [-0.1, -0.05) is 48.0 Å². The normalized spacial score (nSPS) is 17.5. The maximum atomic E-state index is 13.0. The first-order valence-electron chi connectivity index (χ1n) is 9.85. The molecule has 0 saturated carbocycles. The molecule has 8 nitrogen and oxygen atoms in total. The topological polar surface area (TPSA) is 114 Å². The smallest absolute Gasteiger partial charge is 0.295 e. The van der Waals surface area contributed by atoms with Crippen molar-refractivity contribution in [3.05, 3.63) is 111 Å². The van der Waals surface area contributed by atoms with Gasteiger partial charge in [-0.2, -0.15) is 0 Å². The van der Waals surface area contributed by atoms with E-state index in [0.717, 1.165) is 11.1 Å². The minimum atomic E-state index is -0.852. The van der Waals surface area contributed by atoms with Crippen molar-refractivity contribution in [2.75, 3.05) is 0 Å². The summed E-state index contributed by atoms with van der Waals surface area (Å²) in [5, 5.41) is 22.2. The molecule has 1 amide bonds. The van der Waals surface area contributed by atoms with Gasteiger partial charge in [-0.25, -0.2) is 0 Å². The minimum Gasteiger partial charge on any atom is -0.507 e. The van der Waals surface area contributed by atoms with Gasteiger partial charge in [-0.05, 0) is 24.1 Å². The fourth-order valence-electron chi connectivity index (χ4n) is 3.84. The van der Waals surface area contributed by atoms with Gasteiger partial charge in [0.15, 0.2) is 0 Å². The zero-order valence-corrected chi connectivity index (χ0v) is 17.1. The van der Waals surface area contributed by atoms with Crippen molar-refractivity contribution in [2.45, 2.75) is 19.5 Å². The highest BCUT2D eigenvalue weighted by Crippen LogP contribution is 2.40. The molecule has 2 heterocycles. The van der Waals surface area contributed by atoms with Gasteiger partial charge in [0.1, 0.15) is 5.76 Å². The molecule has 0 spiro atoms. The van der Waals surface area contributed by atoms with Gasteiger partial charge in [-0.3, -0.25) is 24.7 Å². The molecule has 0 radical (unpaired) electrons. The van der Waals surface area contributed by atoms with Crippen LogP contribution < -0.4 is 0 Å². The van der Waals surface area contributed by atoms with E-state index in [1.54, 1.807) is 30.6 Å². The van der Waals surface area contributed by atoms with Gasteiger partial charge in [0.25, 0.3) is 17.4 Å². The number of hydrogen-bond acceptors (Lipinski definition) is 6. The number of aliphatic hydroxyl groups excluding tert-OH is 1. The second-order valence-electron chi connectivity index (χ2n) is 7.51. The molecular formula is C24H19N3O5. The number of Topliss-reactive ketones (excluding diaryl/α,β-unsaturated/α-hetero) is 1. The molecule has 4 rings (SSSR count). The molecule has 1 fully saturated rings. The number of nitrogens with zero attached hydrogens (tertiary/aromatic N) is 3. The molecule has 1 aliphatic heterocycles. The average molecular weight is 429 g/mol. The highest BCUT2D eigenvalue weighted by Gasteiger charge is 2.46. The van der Waals surface area contributed by atoms with Crippen LogP contribution in [0.3, 0.4) is 0 Å². The summed E-state index contributed by atoms with van der Waals surface area (Å²) in [4.78, 5) is 42.1. The summed E-state index contributed by atoms with van der Waals surface area (Å²) in [5.41, 5.74) is 2.05. The number of non-ortho nitro benzene ring substituents is 1. The van der Waals surface area contributed by atoms with E-state index in [4.69, 9.17) is 0 Å². The quantitative estimate of drug-likeness (QED) is 0.216. The van der Waals surface area contributed by atoms with Gasteiger partial charge < -0.3 is 10.0 Å². The number of nitro benzene ring substituents is 1. The highest BCUT2D eigenvalue weighted by molar-refractivity contribution is 6.46. The van der Waals surface area contributed by atoms with Gasteiger partial charge in [0.05, 0.1) is 16.5 Å². The number of carbonyl (C=O) groups is 2. The predicted octanol–water partition coefficient (Wildman–Crippen LogP) is 3.92. The number of hydrogen-bond donors (Lipinski definition) is 1. The number of likely N-dealkylation sites (tertiary alicyclic amines) is 1. The molecular weight excluding hydrogens is 410 g/mol. The lowest BCUT2D eigenvalue weighted by atomic mass is 9.94. The number of aryl methyl sites for hydroxylation is 1. The molecule has 1 aliphatic rings. The third kappa shape index (κ3) is 3.85. The first-order valence-corrected chi connectivity index (χ1v) is 9.85. The fourth-order valence-corrected chi connectivity index (χ4v) is 3.84. The van der Waals surface area contributed by atoms with E-state index in [1.807, 2.05) is 25.1 Å². The highest BCUT2D eigenvalue weighted by atomic mass is 16.6. The number of aliphatic hydroxyl groups is 1. The molecule has 0 aliphatic carbocycles. The maximum Gasteiger partial charge on any atom is 0.295 e. The van der Waals surface area contributed by atoms with Crippen LogP contribution >= 0.6 is 0 Å². The number of rotatable bonds is 5. The molecule has 8 heteroatoms. The largest absolute Gasteiger partial charge is 0.507 e. The predicted molar refractivity (Wildman–Crippen MR) is 116 cm³/mol. The Hall–Kier alpha value is -4.33. The van der Waals surface area contributed by atoms with Crippen molar-refractivity contribution in [1.82, 2.24) is 9.88 Å². The standard InChI is InChI=1S/C24H19N3O5/c1-15-5-2-7-17(11-15)21-20(22(28)18-8-3-9-19(12-18)27(31)32)23(29)24(30)26(21)14-16-6-4-10-25-13-16/h2-13,21,28H,14H2,1H3/b22-20-. The summed E-state index contributed by atoms with van der Waals surface area (Å²) in [6, 6.07) is 15.3. The van der Waals surface area contributed by atoms with E-state index in [-0.39, 0.29) is 23.4 Å². The Bertz CT molecular complexity index is 1250. The zero-order chi connectivity index (χ0) is 22.8. The number of amides is 1. The Labute approximate surface area is 183 Å². The number of benzene rings is 2. The monoisotopic (exact) mass is 429 g/mol. The summed E-state index contributed by atoms with van der Waals surface area (Å²) in [5.74, 6) is -2.05. The van der Waals surface area contributed by atoms with E-state index in [0.29, 0.717) is 5.56 Å². The van der Waals surface area contributed by atoms with Crippen molar-refractivity contribution in [1.29, 1.82) is 0 Å². The summed E-state index contributed by atoms with van der Waals surface area (Å²) in [7, 11) is 0. The van der Waals surface area contributed by atoms with Crippen LogP contribution in [0.15, 0.2) is 78.6 Å². The van der Waals surface area contributed by atoms with Crippen LogP contribution in [-0.2, 0) is 16.1 Å². The second kappa shape index (κ2) is 8.43. The number of nitro groups is 1. The third-order valence-electron chi connectivity index (χ3n) is 5.30. The molecule has 1 aromatic heterocycles. The van der Waals surface area contributed by atoms with E-state index in [1.165, 1.54) is 29.2 Å². The molecule has 0 bridgehead atoms. The minimum absolute atomic E-state index is 0.0937. The number of pyridine rings is 1. The Kier molecular flexibility index (Phi) is 5.51. The van der Waals surface area contributed by atoms with E-state index in [9.17, 15) is 24.8 Å². The first kappa shape index (κ1) is 20.9. The molecule has 1 atom stereocenters. The number of ketones is 1. The van der Waals surface area contributed by atoms with Gasteiger partial charge >= 0.3 is 0 Å². The van der Waals surface area contributed by atoms with Crippen molar-refractivity contribution in [3.8, 4) is 0 Å². The summed E-state index contributed by atoms with van der Waals surface area (Å²) in [6.45, 7) is 2.00. The number of aromatic nitrogens is 1. The number of carbonyl (C=O) groups excluding carboxylic acids is 2. The molecule has 1 saturated heterocycles. The van der Waals surface area contributed by atoms with E-state index in [2.05, 4.69) is 4.98 Å². The van der Waals surface area contributed by atoms with Gasteiger partial charge in [0.2, 0.25) is 0 Å². The van der Waals surface area contributed by atoms with Crippen LogP contribution in [0.1, 0.15) is 28.3 Å². The molecule has 160 valence electrons. The summed E-state index contributed by atoms with van der Waals surface area (Å²) >= 11 is 0. The van der Waals surface area contributed by atoms with Crippen LogP contribution in [0.2, 0.25) is 0 Å². The van der Waals surface area contributed by atoms with Crippen LogP contribution in [0.25, 0.3) is 5.76 Å². The lowest BCUT2D eigenvalue weighted by molar-refractivity contribution is -0.384. The van der Waals surface area contributed by atoms with Crippen LogP contribution in [0.4, 0.5) is 5.69 Å². The Morgan fingerprint density at radius 3 is 2.59 bits per heavy atom. The van der Waals surface area contributed by atoms with Crippen LogP contribution in [0, 0.1) is 17.0 Å². The zero-order valence-electron chi connectivity index (χ0n) is 17.1. The van der Waals surface area contributed by atoms with Crippen LogP contribution in [-0.4, -0.2) is 31.6 Å². The summed E-state index contributed by atoms with van der Waals surface area (Å²) < 4.78 is 0. The molecule has 2 aromatic carbocycles. The Morgan fingerprint density at radius 2 is 1.91 bits per heavy atom. The molecule has 1 N–H and O–H groups in total. The Balaban J connectivity index is 1.88. The third-order valence-corrected chi connectivity index (χ3v) is 5.30. The first-order chi connectivity index (χ1) is 15.4. The lowest BCUT2D eigenvalue weighted by Crippen LogP contribution is -2.29. The van der Waals surface area contributed by atoms with Crippen molar-refractivity contribution >= 4 is 23.1 Å². The summed E-state index contributed by atoms with van der Waals surface area (Å²) in [6.07, 6.45) is 3.21. The van der Waals surface area contributed by atoms with Crippen molar-refractivity contribution < 1.29 is 19.6 Å². The Morgan fingerprint density at radius 1 is 1.12 bits per heavy atom. The maximum absolute atomic E-state index is 13.0. The van der Waals surface area contributed by atoms with Crippen LogP contribution in [0.5, 0.6) is 0 Å². The van der Waals surface area contributed by atoms with Crippen molar-refractivity contribution in [3.63, 3.8) is 0 Å². The SMILES string of the molecule is Cc1cccc(C2/C(=C(/O)c3cccc([N+](=O)[O-])c3)C(=O)C(=O)N2Cc2cccnc2)c1. The van der Waals surface area contributed by atoms with Gasteiger partial charge in [-0.15, -0.1) is 0 Å². The lowest BCUT2D eigenvalue weighted by Gasteiger charge is -2.25. The second-order valence-corrected chi connectivity index (χ2v) is 7.51. The van der Waals surface area contributed by atoms with E-state index >= 15 is 0 Å². The molecule has 1 unspecified atom stereocenters. The molecule has 3 aromatic rings. The van der Waals surface area contributed by atoms with E-state index < -0.39 is 28.4 Å². The average Bonchev–Trinajstić information content (AvgIpc) is 3.04. The van der Waals surface area contributed by atoms with Gasteiger partial charge in [0, 0.05) is 36.6 Å². The van der Waals surface area contributed by atoms with Crippen molar-refractivity contribution in [2.24, 2.45) is 0 Å². The molecule has 32 heavy (non-hydrogen) atoms. The fraction of sp³-hybridized carbons (Fsp3) is 0.125.